The quantitative estimate of drug-likeness (QED) is 0.631. The Morgan fingerprint density at radius 2 is 2.15 bits per heavy atom. The molecule has 0 spiro atoms. The average Bonchev–Trinajstić information content (AvgIpc) is 2.92. The van der Waals surface area contributed by atoms with Gasteiger partial charge in [0.2, 0.25) is 0 Å². The van der Waals surface area contributed by atoms with E-state index in [1.54, 1.807) is 17.1 Å². The lowest BCUT2D eigenvalue weighted by molar-refractivity contribution is 0.0948. The highest BCUT2D eigenvalue weighted by molar-refractivity contribution is 5.95. The zero-order chi connectivity index (χ0) is 14.5. The van der Waals surface area contributed by atoms with Crippen molar-refractivity contribution in [3.05, 3.63) is 41.7 Å². The van der Waals surface area contributed by atoms with Crippen molar-refractivity contribution < 1.29 is 13.6 Å². The molecule has 1 amide bonds. The molecule has 2 rings (SSSR count). The predicted octanol–water partition coefficient (Wildman–Crippen LogP) is 0.959. The molecule has 106 valence electrons. The van der Waals surface area contributed by atoms with Crippen molar-refractivity contribution in [3.63, 3.8) is 0 Å². The van der Waals surface area contributed by atoms with Gasteiger partial charge in [0.25, 0.3) is 5.91 Å². The molecule has 0 aliphatic heterocycles. The molecule has 0 fully saturated rings. The van der Waals surface area contributed by atoms with Crippen LogP contribution in [0.4, 0.5) is 14.5 Å². The lowest BCUT2D eigenvalue weighted by atomic mass is 10.1. The summed E-state index contributed by atoms with van der Waals surface area (Å²) in [5, 5.41) is 9.93. The van der Waals surface area contributed by atoms with Crippen LogP contribution >= 0.6 is 0 Å². The average molecular weight is 281 g/mol. The first-order chi connectivity index (χ1) is 9.58. The Bertz CT molecular complexity index is 600. The van der Waals surface area contributed by atoms with Gasteiger partial charge in [0.15, 0.2) is 0 Å². The van der Waals surface area contributed by atoms with Crippen molar-refractivity contribution >= 4 is 11.6 Å². The van der Waals surface area contributed by atoms with E-state index in [1.165, 1.54) is 0 Å². The van der Waals surface area contributed by atoms with Gasteiger partial charge < -0.3 is 11.1 Å². The summed E-state index contributed by atoms with van der Waals surface area (Å²) in [6.07, 6.45) is 3.85. The number of nitrogens with two attached hydrogens (primary N) is 1. The Labute approximate surface area is 113 Å². The fraction of sp³-hybridized carbons (Fsp3) is 0.250. The second-order valence-corrected chi connectivity index (χ2v) is 4.13. The summed E-state index contributed by atoms with van der Waals surface area (Å²) in [6, 6.07) is 1.58. The lowest BCUT2D eigenvalue weighted by Crippen LogP contribution is -2.26. The molecule has 0 aliphatic rings. The van der Waals surface area contributed by atoms with Gasteiger partial charge >= 0.3 is 0 Å². The predicted molar refractivity (Wildman–Crippen MR) is 67.7 cm³/mol. The molecule has 0 unspecified atom stereocenters. The van der Waals surface area contributed by atoms with Gasteiger partial charge in [-0.05, 0) is 12.5 Å². The summed E-state index contributed by atoms with van der Waals surface area (Å²) in [4.78, 5) is 11.7. The highest BCUT2D eigenvalue weighted by atomic mass is 19.1. The normalized spacial score (nSPS) is 10.5. The zero-order valence-electron chi connectivity index (χ0n) is 10.5. The van der Waals surface area contributed by atoms with E-state index in [-0.39, 0.29) is 11.3 Å². The van der Waals surface area contributed by atoms with Crippen molar-refractivity contribution in [2.75, 3.05) is 12.3 Å². The van der Waals surface area contributed by atoms with Gasteiger partial charge in [-0.15, -0.1) is 5.10 Å². The molecule has 2 aromatic rings. The first-order valence-corrected chi connectivity index (χ1v) is 5.94. The second kappa shape index (κ2) is 6.09. The van der Waals surface area contributed by atoms with E-state index >= 15 is 0 Å². The van der Waals surface area contributed by atoms with Crippen LogP contribution in [0.15, 0.2) is 24.5 Å². The van der Waals surface area contributed by atoms with Crippen LogP contribution in [-0.2, 0) is 6.54 Å². The number of anilines is 1. The molecule has 0 radical (unpaired) electrons. The fourth-order valence-electron chi connectivity index (χ4n) is 1.63. The van der Waals surface area contributed by atoms with Crippen LogP contribution in [0.2, 0.25) is 0 Å². The van der Waals surface area contributed by atoms with Crippen LogP contribution in [-0.4, -0.2) is 27.4 Å². The van der Waals surface area contributed by atoms with Gasteiger partial charge in [0.1, 0.15) is 11.6 Å². The number of aromatic nitrogens is 3. The number of amides is 1. The maximum Gasteiger partial charge on any atom is 0.254 e. The molecule has 3 N–H and O–H groups in total. The molecule has 1 heterocycles. The monoisotopic (exact) mass is 281 g/mol. The third-order valence-electron chi connectivity index (χ3n) is 2.65. The van der Waals surface area contributed by atoms with E-state index in [0.29, 0.717) is 25.6 Å². The SMILES string of the molecule is Nc1cc(C(=O)NCCCn2ccnn2)c(F)cc1F. The van der Waals surface area contributed by atoms with Gasteiger partial charge in [0, 0.05) is 25.4 Å². The van der Waals surface area contributed by atoms with Crippen LogP contribution in [0, 0.1) is 11.6 Å². The van der Waals surface area contributed by atoms with E-state index in [1.807, 2.05) is 0 Å². The van der Waals surface area contributed by atoms with Crippen LogP contribution in [0.5, 0.6) is 0 Å². The summed E-state index contributed by atoms with van der Waals surface area (Å²) < 4.78 is 28.0. The Hall–Kier alpha value is -2.51. The van der Waals surface area contributed by atoms with Crippen LogP contribution in [0.1, 0.15) is 16.8 Å². The smallest absolute Gasteiger partial charge is 0.254 e. The molecule has 0 bridgehead atoms. The van der Waals surface area contributed by atoms with E-state index in [0.717, 1.165) is 6.07 Å². The van der Waals surface area contributed by atoms with E-state index in [2.05, 4.69) is 15.6 Å². The van der Waals surface area contributed by atoms with E-state index in [4.69, 9.17) is 5.73 Å². The molecule has 8 heteroatoms. The van der Waals surface area contributed by atoms with Gasteiger partial charge in [-0.1, -0.05) is 5.21 Å². The van der Waals surface area contributed by atoms with Gasteiger partial charge in [-0.25, -0.2) is 8.78 Å². The Morgan fingerprint density at radius 3 is 2.85 bits per heavy atom. The number of aryl methyl sites for hydroxylation is 1. The molecule has 0 saturated carbocycles. The molecule has 20 heavy (non-hydrogen) atoms. The minimum atomic E-state index is -0.939. The summed E-state index contributed by atoms with van der Waals surface area (Å²) in [6.45, 7) is 0.906. The third-order valence-corrected chi connectivity index (χ3v) is 2.65. The Kier molecular flexibility index (Phi) is 4.24. The first kappa shape index (κ1) is 13.9. The molecule has 0 saturated heterocycles. The third kappa shape index (κ3) is 3.28. The molecular weight excluding hydrogens is 268 g/mol. The number of rotatable bonds is 5. The van der Waals surface area contributed by atoms with Crippen LogP contribution < -0.4 is 11.1 Å². The number of carbonyl (C=O) groups excluding carboxylic acids is 1. The number of hydrogen-bond donors (Lipinski definition) is 2. The van der Waals surface area contributed by atoms with Crippen LogP contribution in [0.25, 0.3) is 0 Å². The van der Waals surface area contributed by atoms with Crippen molar-refractivity contribution in [1.82, 2.24) is 20.3 Å². The lowest BCUT2D eigenvalue weighted by Gasteiger charge is -2.07. The number of nitrogens with zero attached hydrogens (tertiary/aromatic N) is 3. The van der Waals surface area contributed by atoms with Gasteiger partial charge in [0.05, 0.1) is 17.4 Å². The zero-order valence-corrected chi connectivity index (χ0v) is 10.5. The van der Waals surface area contributed by atoms with Crippen molar-refractivity contribution in [2.24, 2.45) is 0 Å². The second-order valence-electron chi connectivity index (χ2n) is 4.13. The van der Waals surface area contributed by atoms with E-state index in [9.17, 15) is 13.6 Å². The summed E-state index contributed by atoms with van der Waals surface area (Å²) >= 11 is 0. The van der Waals surface area contributed by atoms with E-state index < -0.39 is 17.5 Å². The summed E-state index contributed by atoms with van der Waals surface area (Å²) in [5.74, 6) is -2.46. The highest BCUT2D eigenvalue weighted by Gasteiger charge is 2.14. The number of carbonyl (C=O) groups is 1. The van der Waals surface area contributed by atoms with Gasteiger partial charge in [-0.3, -0.25) is 9.48 Å². The summed E-state index contributed by atoms with van der Waals surface area (Å²) in [7, 11) is 0. The topological polar surface area (TPSA) is 85.8 Å². The number of benzene rings is 1. The Balaban J connectivity index is 1.87. The maximum absolute atomic E-state index is 13.4. The number of halogens is 2. The Morgan fingerprint density at radius 1 is 1.35 bits per heavy atom. The van der Waals surface area contributed by atoms with Gasteiger partial charge in [-0.2, -0.15) is 0 Å². The minimum absolute atomic E-state index is 0.265. The largest absolute Gasteiger partial charge is 0.396 e. The molecule has 6 nitrogen and oxygen atoms in total. The van der Waals surface area contributed by atoms with Crippen molar-refractivity contribution in [1.29, 1.82) is 0 Å². The maximum atomic E-state index is 13.4. The molecule has 1 aromatic heterocycles. The van der Waals surface area contributed by atoms with Crippen LogP contribution in [0.3, 0.4) is 0 Å². The molecular formula is C12H13F2N5O. The fourth-order valence-corrected chi connectivity index (χ4v) is 1.63. The number of nitrogen functional groups attached to an aromatic ring is 1. The van der Waals surface area contributed by atoms with Crippen molar-refractivity contribution in [2.45, 2.75) is 13.0 Å². The minimum Gasteiger partial charge on any atom is -0.396 e. The standard InChI is InChI=1S/C12H13F2N5O/c13-9-7-10(14)11(15)6-8(9)12(20)16-2-1-4-19-5-3-17-18-19/h3,5-7H,1-2,4,15H2,(H,16,20). The summed E-state index contributed by atoms with van der Waals surface area (Å²) in [5.41, 5.74) is 4.77. The molecule has 1 aromatic carbocycles. The highest BCUT2D eigenvalue weighted by Crippen LogP contribution is 2.16. The first-order valence-electron chi connectivity index (χ1n) is 5.94. The van der Waals surface area contributed by atoms with Crippen molar-refractivity contribution in [3.8, 4) is 0 Å². The molecule has 0 aliphatic carbocycles. The molecule has 0 atom stereocenters. The number of nitrogens with one attached hydrogen (secondary N) is 1. The number of hydrogen-bond acceptors (Lipinski definition) is 4.